The second kappa shape index (κ2) is 25.5. The Morgan fingerprint density at radius 3 is 2.14 bits per heavy atom. The van der Waals surface area contributed by atoms with Crippen LogP contribution in [0.2, 0.25) is 5.02 Å². The van der Waals surface area contributed by atoms with Gasteiger partial charge in [0.25, 0.3) is 5.91 Å². The number of amides is 4. The fourth-order valence-corrected chi connectivity index (χ4v) is 7.58. The first-order valence-electron chi connectivity index (χ1n) is 22.2. The van der Waals surface area contributed by atoms with Crippen LogP contribution < -0.4 is 30.7 Å². The molecule has 0 unspecified atom stereocenters. The lowest BCUT2D eigenvalue weighted by Gasteiger charge is -2.29. The maximum Gasteiger partial charge on any atom is 0.407 e. The van der Waals surface area contributed by atoms with Gasteiger partial charge in [0.1, 0.15) is 29.5 Å². The van der Waals surface area contributed by atoms with Crippen molar-refractivity contribution in [1.82, 2.24) is 16.0 Å². The lowest BCUT2D eigenvalue weighted by Crippen LogP contribution is -2.41. The summed E-state index contributed by atoms with van der Waals surface area (Å²) in [6, 6.07) is 15.7. The number of carbonyl (C=O) groups excluding carboxylic acids is 4. The van der Waals surface area contributed by atoms with Crippen molar-refractivity contribution in [2.24, 2.45) is 5.92 Å². The fraction of sp³-hybridized carbons (Fsp3) is 0.574. The Labute approximate surface area is 375 Å². The van der Waals surface area contributed by atoms with Crippen LogP contribution in [-0.4, -0.2) is 101 Å². The number of ether oxygens (including phenoxy) is 6. The third kappa shape index (κ3) is 18.1. The summed E-state index contributed by atoms with van der Waals surface area (Å²) in [5.74, 6) is 1.32. The molecule has 15 nitrogen and oxygen atoms in total. The Hall–Kier alpha value is -4.83. The van der Waals surface area contributed by atoms with Gasteiger partial charge in [-0.05, 0) is 121 Å². The number of rotatable bonds is 23. The normalized spacial score (nSPS) is 18.8. The van der Waals surface area contributed by atoms with Crippen molar-refractivity contribution in [2.75, 3.05) is 58.6 Å². The van der Waals surface area contributed by atoms with Crippen molar-refractivity contribution in [3.63, 3.8) is 0 Å². The van der Waals surface area contributed by atoms with Crippen LogP contribution in [0.25, 0.3) is 11.3 Å². The standard InChI is InChI=1S/C47H65ClN4O11/c1-47(2,3)63-46(56)50-23-26-60-38-18-16-37(17-19-38)59-25-5-7-43(53)51-35-14-10-33(11-15-35)44(54)49-22-6-24-58-27-28-61-40-30-36(29-39(31-40)57-4)52-45(55)42-21-20-41(62-42)32-8-12-34(48)13-9-32/h8-9,12-13,20-21,29-31,33,35,37-38H,5-7,10-11,14-19,22-28H2,1-4H3,(H,49,54)(H,50,56)(H,51,53)(H,52,55). The molecule has 4 amide bonds. The highest BCUT2D eigenvalue weighted by Gasteiger charge is 2.27. The van der Waals surface area contributed by atoms with Gasteiger partial charge in [0.2, 0.25) is 11.8 Å². The first-order chi connectivity index (χ1) is 30.3. The summed E-state index contributed by atoms with van der Waals surface area (Å²) in [6.07, 6.45) is 8.34. The second-order valence-corrected chi connectivity index (χ2v) is 17.4. The van der Waals surface area contributed by atoms with E-state index < -0.39 is 17.6 Å². The maximum atomic E-state index is 12.9. The molecule has 2 aliphatic carbocycles. The van der Waals surface area contributed by atoms with Crippen molar-refractivity contribution in [3.05, 3.63) is 65.4 Å². The molecule has 346 valence electrons. The van der Waals surface area contributed by atoms with E-state index in [0.29, 0.717) is 86.7 Å². The molecule has 0 aliphatic heterocycles. The zero-order valence-electron chi connectivity index (χ0n) is 37.1. The predicted octanol–water partition coefficient (Wildman–Crippen LogP) is 8.09. The number of methoxy groups -OCH3 is 1. The van der Waals surface area contributed by atoms with Crippen molar-refractivity contribution in [1.29, 1.82) is 0 Å². The summed E-state index contributed by atoms with van der Waals surface area (Å²) < 4.78 is 40.0. The highest BCUT2D eigenvalue weighted by atomic mass is 35.5. The SMILES string of the molecule is COc1cc(NC(=O)c2ccc(-c3ccc(Cl)cc3)o2)cc(OCCOCCCNC(=O)C2CCC(NC(=O)CCCOC3CCC(OCCNC(=O)OC(C)(C)C)CC3)CC2)c1. The number of furan rings is 1. The van der Waals surface area contributed by atoms with Gasteiger partial charge < -0.3 is 54.1 Å². The van der Waals surface area contributed by atoms with Gasteiger partial charge in [0, 0.05) is 79.2 Å². The Kier molecular flexibility index (Phi) is 19.9. The number of hydrogen-bond acceptors (Lipinski definition) is 11. The first-order valence-corrected chi connectivity index (χ1v) is 22.5. The molecule has 2 saturated carbocycles. The van der Waals surface area contributed by atoms with Crippen molar-refractivity contribution >= 4 is 41.1 Å². The van der Waals surface area contributed by atoms with E-state index in [2.05, 4.69) is 21.3 Å². The minimum Gasteiger partial charge on any atom is -0.497 e. The van der Waals surface area contributed by atoms with Gasteiger partial charge in [0.15, 0.2) is 5.76 Å². The number of benzene rings is 2. The van der Waals surface area contributed by atoms with Crippen LogP contribution in [0, 0.1) is 5.92 Å². The minimum atomic E-state index is -0.524. The maximum absolute atomic E-state index is 12.9. The molecule has 16 heteroatoms. The Morgan fingerprint density at radius 1 is 0.746 bits per heavy atom. The molecule has 0 atom stereocenters. The molecule has 0 bridgehead atoms. The Morgan fingerprint density at radius 2 is 1.44 bits per heavy atom. The van der Waals surface area contributed by atoms with E-state index in [-0.39, 0.29) is 48.3 Å². The summed E-state index contributed by atoms with van der Waals surface area (Å²) in [6.45, 7) is 8.48. The summed E-state index contributed by atoms with van der Waals surface area (Å²) in [5, 5.41) is 12.3. The van der Waals surface area contributed by atoms with Gasteiger partial charge >= 0.3 is 6.09 Å². The summed E-state index contributed by atoms with van der Waals surface area (Å²) >= 11 is 5.98. The zero-order valence-corrected chi connectivity index (χ0v) is 37.9. The van der Waals surface area contributed by atoms with E-state index in [1.807, 2.05) is 32.9 Å². The fourth-order valence-electron chi connectivity index (χ4n) is 7.46. The lowest BCUT2D eigenvalue weighted by atomic mass is 9.85. The van der Waals surface area contributed by atoms with E-state index in [9.17, 15) is 19.2 Å². The molecule has 2 fully saturated rings. The van der Waals surface area contributed by atoms with E-state index in [1.54, 1.807) is 42.5 Å². The Balaban J connectivity index is 0.850. The van der Waals surface area contributed by atoms with Gasteiger partial charge in [-0.25, -0.2) is 4.79 Å². The van der Waals surface area contributed by atoms with Crippen LogP contribution in [0.5, 0.6) is 11.5 Å². The van der Waals surface area contributed by atoms with E-state index in [1.165, 1.54) is 7.11 Å². The minimum absolute atomic E-state index is 0.0296. The molecule has 3 aromatic rings. The average molecular weight is 898 g/mol. The molecule has 1 heterocycles. The molecule has 63 heavy (non-hydrogen) atoms. The zero-order chi connectivity index (χ0) is 45.0. The molecular formula is C47H65ClN4O11. The summed E-state index contributed by atoms with van der Waals surface area (Å²) in [4.78, 5) is 50.1. The van der Waals surface area contributed by atoms with Gasteiger partial charge in [-0.3, -0.25) is 14.4 Å². The molecular weight excluding hydrogens is 832 g/mol. The number of nitrogens with one attached hydrogen (secondary N) is 4. The van der Waals surface area contributed by atoms with Crippen LogP contribution in [-0.2, 0) is 28.5 Å². The second-order valence-electron chi connectivity index (χ2n) is 16.9. The van der Waals surface area contributed by atoms with Gasteiger partial charge in [0.05, 0.1) is 32.5 Å². The van der Waals surface area contributed by atoms with Gasteiger partial charge in [-0.15, -0.1) is 0 Å². The van der Waals surface area contributed by atoms with E-state index >= 15 is 0 Å². The van der Waals surface area contributed by atoms with Crippen LogP contribution in [0.4, 0.5) is 10.5 Å². The number of carbonyl (C=O) groups is 4. The highest BCUT2D eigenvalue weighted by molar-refractivity contribution is 6.30. The molecule has 4 N–H and O–H groups in total. The van der Waals surface area contributed by atoms with Crippen LogP contribution in [0.3, 0.4) is 0 Å². The summed E-state index contributed by atoms with van der Waals surface area (Å²) in [7, 11) is 1.54. The van der Waals surface area contributed by atoms with Crippen LogP contribution >= 0.6 is 11.6 Å². The molecule has 2 aliphatic rings. The topological polar surface area (TPSA) is 185 Å². The Bertz CT molecular complexity index is 1880. The van der Waals surface area contributed by atoms with Crippen molar-refractivity contribution in [2.45, 2.75) is 115 Å². The number of halogens is 1. The molecule has 2 aromatic carbocycles. The molecule has 5 rings (SSSR count). The molecule has 0 spiro atoms. The third-order valence-electron chi connectivity index (χ3n) is 10.7. The van der Waals surface area contributed by atoms with E-state index in [0.717, 1.165) is 56.9 Å². The van der Waals surface area contributed by atoms with E-state index in [4.69, 9.17) is 44.4 Å². The number of hydrogen-bond donors (Lipinski definition) is 4. The van der Waals surface area contributed by atoms with Crippen molar-refractivity contribution in [3.8, 4) is 22.8 Å². The van der Waals surface area contributed by atoms with Gasteiger partial charge in [-0.2, -0.15) is 0 Å². The lowest BCUT2D eigenvalue weighted by molar-refractivity contribution is -0.126. The van der Waals surface area contributed by atoms with Crippen molar-refractivity contribution < 1.29 is 52.0 Å². The monoisotopic (exact) mass is 896 g/mol. The highest BCUT2D eigenvalue weighted by Crippen LogP contribution is 2.29. The largest absolute Gasteiger partial charge is 0.497 e. The third-order valence-corrected chi connectivity index (χ3v) is 11.0. The molecule has 0 saturated heterocycles. The molecule has 0 radical (unpaired) electrons. The number of anilines is 1. The first kappa shape index (κ1) is 49.2. The number of alkyl carbamates (subject to hydrolysis) is 1. The van der Waals surface area contributed by atoms with Crippen LogP contribution in [0.15, 0.2) is 59.0 Å². The van der Waals surface area contributed by atoms with Crippen LogP contribution in [0.1, 0.15) is 102 Å². The smallest absolute Gasteiger partial charge is 0.407 e. The molecule has 1 aromatic heterocycles. The summed E-state index contributed by atoms with van der Waals surface area (Å²) in [5.41, 5.74) is 0.760. The van der Waals surface area contributed by atoms with Gasteiger partial charge in [-0.1, -0.05) is 11.6 Å². The predicted molar refractivity (Wildman–Crippen MR) is 239 cm³/mol. The average Bonchev–Trinajstić information content (AvgIpc) is 3.76. The quantitative estimate of drug-likeness (QED) is 0.0675.